The molecule has 0 aromatic heterocycles. The van der Waals surface area contributed by atoms with Crippen LogP contribution >= 0.6 is 0 Å². The summed E-state index contributed by atoms with van der Waals surface area (Å²) < 4.78 is 0. The van der Waals surface area contributed by atoms with Crippen molar-refractivity contribution in [2.75, 3.05) is 5.32 Å². The van der Waals surface area contributed by atoms with Crippen LogP contribution in [0.25, 0.3) is 0 Å². The highest BCUT2D eigenvalue weighted by atomic mass is 16.1. The van der Waals surface area contributed by atoms with Crippen LogP contribution in [0.4, 0.5) is 5.69 Å². The Morgan fingerprint density at radius 1 is 1.05 bits per heavy atom. The predicted molar refractivity (Wildman–Crippen MR) is 77.9 cm³/mol. The Bertz CT molecular complexity index is 731. The van der Waals surface area contributed by atoms with Gasteiger partial charge in [0, 0.05) is 18.1 Å². The minimum atomic E-state index is -0.169. The second-order valence-electron chi connectivity index (χ2n) is 4.17. The highest BCUT2D eigenvalue weighted by Crippen LogP contribution is 2.16. The highest BCUT2D eigenvalue weighted by Gasteiger charge is 2.03. The first-order valence-electron chi connectivity index (χ1n) is 6.08. The Kier molecular flexibility index (Phi) is 4.17. The van der Waals surface area contributed by atoms with E-state index in [-0.39, 0.29) is 5.91 Å². The molecule has 0 aliphatic heterocycles. The van der Waals surface area contributed by atoms with E-state index >= 15 is 0 Å². The first kappa shape index (κ1) is 13.4. The molecular formula is C17H12N2O. The van der Waals surface area contributed by atoms with Gasteiger partial charge in [-0.25, -0.2) is 0 Å². The normalized spacial score (nSPS) is 9.00. The van der Waals surface area contributed by atoms with Gasteiger partial charge in [0.05, 0.1) is 17.3 Å². The molecule has 0 atom stereocenters. The van der Waals surface area contributed by atoms with E-state index in [1.165, 1.54) is 6.92 Å². The van der Waals surface area contributed by atoms with Gasteiger partial charge >= 0.3 is 0 Å². The Balaban J connectivity index is 2.41. The lowest BCUT2D eigenvalue weighted by atomic mass is 10.1. The van der Waals surface area contributed by atoms with Gasteiger partial charge in [-0.05, 0) is 30.3 Å². The largest absolute Gasteiger partial charge is 0.325 e. The molecule has 2 aromatic carbocycles. The van der Waals surface area contributed by atoms with Crippen LogP contribution in [0, 0.1) is 23.2 Å². The first-order chi connectivity index (χ1) is 9.69. The molecule has 2 aromatic rings. The van der Waals surface area contributed by atoms with Crippen molar-refractivity contribution in [3.63, 3.8) is 0 Å². The van der Waals surface area contributed by atoms with Crippen LogP contribution in [0.1, 0.15) is 23.6 Å². The molecule has 1 amide bonds. The summed E-state index contributed by atoms with van der Waals surface area (Å²) in [4.78, 5) is 11.2. The van der Waals surface area contributed by atoms with Crippen LogP contribution in [-0.2, 0) is 4.79 Å². The van der Waals surface area contributed by atoms with E-state index in [4.69, 9.17) is 5.26 Å². The lowest BCUT2D eigenvalue weighted by Gasteiger charge is -2.05. The van der Waals surface area contributed by atoms with E-state index in [1.807, 2.05) is 30.3 Å². The third-order valence-electron chi connectivity index (χ3n) is 2.57. The molecule has 2 rings (SSSR count). The molecule has 0 unspecified atom stereocenters. The van der Waals surface area contributed by atoms with E-state index in [9.17, 15) is 4.79 Å². The van der Waals surface area contributed by atoms with E-state index in [0.29, 0.717) is 16.8 Å². The van der Waals surface area contributed by atoms with Gasteiger partial charge in [-0.2, -0.15) is 5.26 Å². The maximum atomic E-state index is 11.2. The van der Waals surface area contributed by atoms with Crippen LogP contribution in [0.15, 0.2) is 48.5 Å². The molecule has 0 bridgehead atoms. The summed E-state index contributed by atoms with van der Waals surface area (Å²) in [6, 6.07) is 16.6. The molecular weight excluding hydrogens is 248 g/mol. The third kappa shape index (κ3) is 3.48. The average Bonchev–Trinajstić information content (AvgIpc) is 2.47. The molecule has 0 aliphatic rings. The Hall–Kier alpha value is -3.04. The number of carbonyl (C=O) groups is 1. The molecule has 0 aliphatic carbocycles. The Labute approximate surface area is 117 Å². The number of hydrogen-bond donors (Lipinski definition) is 1. The van der Waals surface area contributed by atoms with Crippen LogP contribution in [0.2, 0.25) is 0 Å². The number of amides is 1. The highest BCUT2D eigenvalue weighted by molar-refractivity contribution is 5.90. The van der Waals surface area contributed by atoms with E-state index in [0.717, 1.165) is 5.56 Å². The lowest BCUT2D eigenvalue weighted by molar-refractivity contribution is -0.114. The zero-order chi connectivity index (χ0) is 14.4. The fraction of sp³-hybridized carbons (Fsp3) is 0.0588. The fourth-order valence-corrected chi connectivity index (χ4v) is 1.68. The van der Waals surface area contributed by atoms with Crippen molar-refractivity contribution in [3.8, 4) is 17.9 Å². The van der Waals surface area contributed by atoms with Crippen molar-refractivity contribution in [3.05, 3.63) is 65.2 Å². The van der Waals surface area contributed by atoms with Crippen molar-refractivity contribution in [2.24, 2.45) is 0 Å². The van der Waals surface area contributed by atoms with Crippen molar-refractivity contribution < 1.29 is 4.79 Å². The van der Waals surface area contributed by atoms with Crippen molar-refractivity contribution in [2.45, 2.75) is 6.92 Å². The summed E-state index contributed by atoms with van der Waals surface area (Å²) in [7, 11) is 0. The summed E-state index contributed by atoms with van der Waals surface area (Å²) >= 11 is 0. The number of benzene rings is 2. The molecule has 20 heavy (non-hydrogen) atoms. The van der Waals surface area contributed by atoms with Crippen molar-refractivity contribution in [1.29, 1.82) is 5.26 Å². The second-order valence-corrected chi connectivity index (χ2v) is 4.17. The molecule has 0 saturated heterocycles. The molecule has 0 heterocycles. The molecule has 3 heteroatoms. The maximum Gasteiger partial charge on any atom is 0.221 e. The van der Waals surface area contributed by atoms with Gasteiger partial charge in [0.2, 0.25) is 5.91 Å². The number of nitrogens with zero attached hydrogens (tertiary/aromatic N) is 1. The van der Waals surface area contributed by atoms with Crippen LogP contribution in [-0.4, -0.2) is 5.91 Å². The number of carbonyl (C=O) groups excluding carboxylic acids is 1. The van der Waals surface area contributed by atoms with E-state index in [2.05, 4.69) is 23.2 Å². The Morgan fingerprint density at radius 2 is 1.80 bits per heavy atom. The van der Waals surface area contributed by atoms with Gasteiger partial charge in [-0.15, -0.1) is 0 Å². The van der Waals surface area contributed by atoms with Gasteiger partial charge in [0.1, 0.15) is 0 Å². The summed E-state index contributed by atoms with van der Waals surface area (Å²) in [5.74, 6) is 5.84. The number of hydrogen-bond acceptors (Lipinski definition) is 2. The van der Waals surface area contributed by atoms with Crippen LogP contribution < -0.4 is 5.32 Å². The predicted octanol–water partition coefficient (Wildman–Crippen LogP) is 2.92. The van der Waals surface area contributed by atoms with Crippen molar-refractivity contribution >= 4 is 11.6 Å². The standard InChI is InChI=1S/C17H12N2O/c1-13(20)19-17-10-8-15(12-18)11-16(17)9-7-14-5-3-2-4-6-14/h2-6,8,10-11H,1H3,(H,19,20). The van der Waals surface area contributed by atoms with Gasteiger partial charge in [0.25, 0.3) is 0 Å². The van der Waals surface area contributed by atoms with Crippen LogP contribution in [0.5, 0.6) is 0 Å². The first-order valence-corrected chi connectivity index (χ1v) is 6.08. The topological polar surface area (TPSA) is 52.9 Å². The Morgan fingerprint density at radius 3 is 2.45 bits per heavy atom. The monoisotopic (exact) mass is 260 g/mol. The van der Waals surface area contributed by atoms with E-state index in [1.54, 1.807) is 18.2 Å². The van der Waals surface area contributed by atoms with Gasteiger partial charge in [-0.1, -0.05) is 30.0 Å². The molecule has 0 fully saturated rings. The zero-order valence-electron chi connectivity index (χ0n) is 11.0. The minimum absolute atomic E-state index is 0.169. The number of rotatable bonds is 1. The smallest absolute Gasteiger partial charge is 0.221 e. The molecule has 1 N–H and O–H groups in total. The maximum absolute atomic E-state index is 11.2. The summed E-state index contributed by atoms with van der Waals surface area (Å²) in [6.45, 7) is 1.44. The molecule has 0 spiro atoms. The molecule has 3 nitrogen and oxygen atoms in total. The summed E-state index contributed by atoms with van der Waals surface area (Å²) in [6.07, 6.45) is 0. The fourth-order valence-electron chi connectivity index (χ4n) is 1.68. The molecule has 96 valence electrons. The lowest BCUT2D eigenvalue weighted by Crippen LogP contribution is -2.07. The number of anilines is 1. The van der Waals surface area contributed by atoms with Crippen molar-refractivity contribution in [1.82, 2.24) is 0 Å². The molecule has 0 saturated carbocycles. The zero-order valence-corrected chi connectivity index (χ0v) is 11.0. The molecule has 0 radical (unpaired) electrons. The quantitative estimate of drug-likeness (QED) is 0.801. The number of nitriles is 1. The van der Waals surface area contributed by atoms with Gasteiger partial charge < -0.3 is 5.32 Å². The second kappa shape index (κ2) is 6.22. The summed E-state index contributed by atoms with van der Waals surface area (Å²) in [5.41, 5.74) is 2.63. The van der Waals surface area contributed by atoms with Crippen LogP contribution in [0.3, 0.4) is 0 Å². The average molecular weight is 260 g/mol. The number of nitrogens with one attached hydrogen (secondary N) is 1. The van der Waals surface area contributed by atoms with Gasteiger partial charge in [-0.3, -0.25) is 4.79 Å². The minimum Gasteiger partial charge on any atom is -0.325 e. The van der Waals surface area contributed by atoms with Gasteiger partial charge in [0.15, 0.2) is 0 Å². The SMILES string of the molecule is CC(=O)Nc1ccc(C#N)cc1C#Cc1ccccc1. The van der Waals surface area contributed by atoms with E-state index < -0.39 is 0 Å². The summed E-state index contributed by atoms with van der Waals surface area (Å²) in [5, 5.41) is 11.6. The third-order valence-corrected chi connectivity index (χ3v) is 2.57.